The smallest absolute Gasteiger partial charge is 0.416 e. The lowest BCUT2D eigenvalue weighted by molar-refractivity contribution is -0.645. The molecular formula is C38H38F3N2O2+. The van der Waals surface area contributed by atoms with Crippen molar-refractivity contribution in [1.29, 1.82) is 0 Å². The zero-order valence-electron chi connectivity index (χ0n) is 25.6. The second kappa shape index (κ2) is 11.9. The molecule has 0 radical (unpaired) electrons. The van der Waals surface area contributed by atoms with Gasteiger partial charge in [-0.1, -0.05) is 76.5 Å². The third-order valence-electron chi connectivity index (χ3n) is 9.34. The first-order valence-corrected chi connectivity index (χ1v) is 16.3. The maximum absolute atomic E-state index is 13.9. The molecule has 45 heavy (non-hydrogen) atoms. The molecule has 5 aromatic rings. The molecule has 0 atom stereocenters. The number of benzene rings is 4. The molecule has 4 aromatic carbocycles. The molecule has 2 aliphatic heterocycles. The van der Waals surface area contributed by atoms with Crippen LogP contribution in [0.3, 0.4) is 0 Å². The van der Waals surface area contributed by atoms with Gasteiger partial charge in [-0.15, -0.1) is 0 Å². The molecule has 7 rings (SSSR count). The number of aromatic hydroxyl groups is 1. The van der Waals surface area contributed by atoms with Crippen molar-refractivity contribution in [1.82, 2.24) is 4.57 Å². The number of phenols is 1. The summed E-state index contributed by atoms with van der Waals surface area (Å²) in [7, 11) is 0. The highest BCUT2D eigenvalue weighted by atomic mass is 19.4. The van der Waals surface area contributed by atoms with E-state index in [1.165, 1.54) is 51.4 Å². The van der Waals surface area contributed by atoms with Crippen LogP contribution in [0.25, 0.3) is 60.8 Å². The van der Waals surface area contributed by atoms with Crippen LogP contribution in [0.5, 0.6) is 5.75 Å². The molecule has 0 bridgehead atoms. The van der Waals surface area contributed by atoms with Crippen LogP contribution in [0.4, 0.5) is 13.2 Å². The van der Waals surface area contributed by atoms with E-state index >= 15 is 0 Å². The van der Waals surface area contributed by atoms with Gasteiger partial charge in [-0.2, -0.15) is 17.7 Å². The number of alkyl halides is 3. The van der Waals surface area contributed by atoms with Crippen molar-refractivity contribution in [3.05, 3.63) is 78.4 Å². The van der Waals surface area contributed by atoms with E-state index in [0.717, 1.165) is 81.6 Å². The van der Waals surface area contributed by atoms with E-state index in [1.807, 2.05) is 42.5 Å². The Kier molecular flexibility index (Phi) is 7.80. The van der Waals surface area contributed by atoms with Gasteiger partial charge in [0, 0.05) is 24.1 Å². The minimum absolute atomic E-state index is 0.0802. The number of rotatable bonds is 12. The van der Waals surface area contributed by atoms with Crippen LogP contribution in [-0.2, 0) is 12.7 Å². The third-order valence-corrected chi connectivity index (χ3v) is 9.34. The van der Waals surface area contributed by atoms with Crippen molar-refractivity contribution in [2.75, 3.05) is 0 Å². The highest BCUT2D eigenvalue weighted by Crippen LogP contribution is 2.48. The molecule has 7 heteroatoms. The average molecular weight is 612 g/mol. The molecule has 0 spiro atoms. The summed E-state index contributed by atoms with van der Waals surface area (Å²) in [6, 6.07) is 20.9. The molecular weight excluding hydrogens is 573 g/mol. The number of phenolic OH excluding ortho intramolecular Hbond substituents is 1. The molecule has 4 nitrogen and oxygen atoms in total. The molecule has 2 aliphatic rings. The lowest BCUT2D eigenvalue weighted by atomic mass is 9.90. The van der Waals surface area contributed by atoms with E-state index in [-0.39, 0.29) is 11.4 Å². The quantitative estimate of drug-likeness (QED) is 0.0646. The second-order valence-electron chi connectivity index (χ2n) is 12.3. The summed E-state index contributed by atoms with van der Waals surface area (Å²) in [6.07, 6.45) is 7.97. The van der Waals surface area contributed by atoms with Crippen molar-refractivity contribution >= 4 is 44.0 Å². The summed E-state index contributed by atoms with van der Waals surface area (Å²) >= 11 is 0. The van der Waals surface area contributed by atoms with Crippen LogP contribution in [0.15, 0.2) is 77.2 Å². The SMILES string of the molecule is CCCCCCCCCCCC[n+]1c2cccc3oc4cccc5c4-c(c32)c2c(cccc21)n5-c1cc(C(F)(F)F)ccc1O. The molecule has 1 N–H and O–H groups in total. The van der Waals surface area contributed by atoms with Gasteiger partial charge in [-0.25, -0.2) is 0 Å². The monoisotopic (exact) mass is 611 g/mol. The standard InChI is InChI=1S/C38H37F3N2O2/c1-2-3-4-5-6-7-8-9-10-11-23-42-26-15-12-17-28-34(26)37-35-27(42)16-13-19-32(35)45-33-20-14-18-29(36(33)37)43(28)30-24-25(38(39,40)41)21-22-31(30)44/h12-22,24H,2-11,23H2,1H3/p+1. The summed E-state index contributed by atoms with van der Waals surface area (Å²) in [5.41, 5.74) is 6.05. The Balaban J connectivity index is 1.37. The van der Waals surface area contributed by atoms with Crippen LogP contribution >= 0.6 is 0 Å². The lowest BCUT2D eigenvalue weighted by Crippen LogP contribution is -2.36. The number of aromatic nitrogens is 2. The van der Waals surface area contributed by atoms with Crippen LogP contribution in [-0.4, -0.2) is 9.67 Å². The van der Waals surface area contributed by atoms with Crippen LogP contribution in [0.1, 0.15) is 76.7 Å². The topological polar surface area (TPSA) is 42.2 Å². The average Bonchev–Trinajstić information content (AvgIpc) is 3.03. The Morgan fingerprint density at radius 3 is 2.04 bits per heavy atom. The maximum Gasteiger partial charge on any atom is 0.416 e. The zero-order chi connectivity index (χ0) is 31.1. The first-order chi connectivity index (χ1) is 21.9. The number of unbranched alkanes of at least 4 members (excludes halogenated alkanes) is 9. The minimum Gasteiger partial charge on any atom is -0.506 e. The normalized spacial score (nSPS) is 12.6. The van der Waals surface area contributed by atoms with E-state index < -0.39 is 11.7 Å². The van der Waals surface area contributed by atoms with E-state index in [1.54, 1.807) is 4.57 Å². The van der Waals surface area contributed by atoms with Gasteiger partial charge in [-0.3, -0.25) is 0 Å². The Morgan fingerprint density at radius 2 is 1.31 bits per heavy atom. The van der Waals surface area contributed by atoms with Crippen LogP contribution in [0.2, 0.25) is 0 Å². The van der Waals surface area contributed by atoms with E-state index in [2.05, 4.69) is 23.6 Å². The molecule has 232 valence electrons. The highest BCUT2D eigenvalue weighted by Gasteiger charge is 2.34. The van der Waals surface area contributed by atoms with Crippen LogP contribution in [0, 0.1) is 0 Å². The number of hydrogen-bond acceptors (Lipinski definition) is 2. The first-order valence-electron chi connectivity index (χ1n) is 16.3. The third kappa shape index (κ3) is 5.16. The Hall–Kier alpha value is -4.26. The van der Waals surface area contributed by atoms with Crippen molar-refractivity contribution in [2.45, 2.75) is 83.9 Å². The summed E-state index contributed by atoms with van der Waals surface area (Å²) in [4.78, 5) is 0. The van der Waals surface area contributed by atoms with E-state index in [4.69, 9.17) is 4.42 Å². The molecule has 3 heterocycles. The summed E-state index contributed by atoms with van der Waals surface area (Å²) < 4.78 is 52.2. The molecule has 0 saturated carbocycles. The fourth-order valence-corrected chi connectivity index (χ4v) is 7.21. The summed E-state index contributed by atoms with van der Waals surface area (Å²) in [5, 5.41) is 13.0. The van der Waals surface area contributed by atoms with Crippen molar-refractivity contribution in [3.63, 3.8) is 0 Å². The summed E-state index contributed by atoms with van der Waals surface area (Å²) in [6.45, 7) is 3.07. The number of hydrogen-bond donors (Lipinski definition) is 1. The van der Waals surface area contributed by atoms with Gasteiger partial charge < -0.3 is 14.1 Å². The van der Waals surface area contributed by atoms with Gasteiger partial charge in [0.15, 0.2) is 0 Å². The molecule has 1 aromatic heterocycles. The molecule has 0 aliphatic carbocycles. The number of halogens is 3. The fourth-order valence-electron chi connectivity index (χ4n) is 7.21. The number of pyridine rings is 2. The number of aryl methyl sites for hydroxylation is 1. The zero-order valence-corrected chi connectivity index (χ0v) is 25.6. The van der Waals surface area contributed by atoms with Crippen molar-refractivity contribution < 1.29 is 27.3 Å². The number of nitrogens with zero attached hydrogens (tertiary/aromatic N) is 2. The lowest BCUT2D eigenvalue weighted by Gasteiger charge is -2.25. The fraction of sp³-hybridized carbons (Fsp3) is 0.342. The second-order valence-corrected chi connectivity index (χ2v) is 12.3. The van der Waals surface area contributed by atoms with Crippen molar-refractivity contribution in [2.24, 2.45) is 0 Å². The summed E-state index contributed by atoms with van der Waals surface area (Å²) in [5.74, 6) is -0.225. The van der Waals surface area contributed by atoms with Gasteiger partial charge in [0.25, 0.3) is 0 Å². The largest absolute Gasteiger partial charge is 0.506 e. The maximum atomic E-state index is 13.9. The van der Waals surface area contributed by atoms with Crippen molar-refractivity contribution in [3.8, 4) is 22.6 Å². The van der Waals surface area contributed by atoms with Gasteiger partial charge >= 0.3 is 6.18 Å². The highest BCUT2D eigenvalue weighted by molar-refractivity contribution is 6.24. The molecule has 0 unspecified atom stereocenters. The van der Waals surface area contributed by atoms with Gasteiger partial charge in [0.1, 0.15) is 23.5 Å². The minimum atomic E-state index is -4.55. The Bertz CT molecular complexity index is 2070. The molecule has 0 fully saturated rings. The van der Waals surface area contributed by atoms with Gasteiger partial charge in [0.2, 0.25) is 11.0 Å². The predicted molar refractivity (Wildman–Crippen MR) is 175 cm³/mol. The van der Waals surface area contributed by atoms with Gasteiger partial charge in [-0.05, 0) is 48.9 Å². The van der Waals surface area contributed by atoms with Crippen LogP contribution < -0.4 is 4.57 Å². The van der Waals surface area contributed by atoms with E-state index in [0.29, 0.717) is 11.1 Å². The Morgan fingerprint density at radius 1 is 0.689 bits per heavy atom. The van der Waals surface area contributed by atoms with Gasteiger partial charge in [0.05, 0.1) is 38.6 Å². The predicted octanol–water partition coefficient (Wildman–Crippen LogP) is 11.2. The molecule has 0 saturated heterocycles. The Labute approximate surface area is 260 Å². The first kappa shape index (κ1) is 29.5. The molecule has 0 amide bonds. The van der Waals surface area contributed by atoms with E-state index in [9.17, 15) is 18.3 Å².